The van der Waals surface area contributed by atoms with Gasteiger partial charge in [-0.1, -0.05) is 32.4 Å². The third-order valence-corrected chi connectivity index (χ3v) is 3.07. The molecule has 0 fully saturated rings. The lowest BCUT2D eigenvalue weighted by atomic mass is 10.0. The van der Waals surface area contributed by atoms with Crippen molar-refractivity contribution >= 4 is 0 Å². The molecule has 1 heterocycles. The largest absolute Gasteiger partial charge is 0.496 e. The van der Waals surface area contributed by atoms with Gasteiger partial charge in [0.1, 0.15) is 5.75 Å². The summed E-state index contributed by atoms with van der Waals surface area (Å²) in [7, 11) is 1.72. The molecule has 1 aromatic heterocycles. The molecule has 2 rings (SSSR count). The van der Waals surface area contributed by atoms with Gasteiger partial charge in [0.15, 0.2) is 0 Å². The molecule has 0 atom stereocenters. The summed E-state index contributed by atoms with van der Waals surface area (Å²) in [6.07, 6.45) is 6.90. The summed E-state index contributed by atoms with van der Waals surface area (Å²) in [6.45, 7) is 6.40. The Kier molecular flexibility index (Phi) is 6.72. The number of aryl methyl sites for hydroxylation is 2. The van der Waals surface area contributed by atoms with Crippen molar-refractivity contribution in [3.05, 3.63) is 47.5 Å². The molecular formula is C16H24N2O. The quantitative estimate of drug-likeness (QED) is 0.904. The van der Waals surface area contributed by atoms with Crippen LogP contribution in [-0.4, -0.2) is 17.1 Å². The summed E-state index contributed by atoms with van der Waals surface area (Å²) < 4.78 is 5.23. The van der Waals surface area contributed by atoms with Gasteiger partial charge in [0.2, 0.25) is 0 Å². The van der Waals surface area contributed by atoms with Crippen molar-refractivity contribution in [2.24, 2.45) is 0 Å². The standard InChI is InChI=1S/C11H16O.C5H8N2/c1-4-6-10-7-5-8-11(12-3)9(10)2;1-2-5-3-6-4-7-5/h5,7-8H,4,6H2,1-3H3;3-4H,2H2,1H3,(H,6,7). The second-order valence-corrected chi connectivity index (χ2v) is 4.42. The number of nitrogens with zero attached hydrogens (tertiary/aromatic N) is 1. The highest BCUT2D eigenvalue weighted by atomic mass is 16.5. The Morgan fingerprint density at radius 3 is 2.53 bits per heavy atom. The number of hydrogen-bond donors (Lipinski definition) is 1. The minimum atomic E-state index is 1.00. The zero-order valence-corrected chi connectivity index (χ0v) is 12.4. The minimum Gasteiger partial charge on any atom is -0.496 e. The summed E-state index contributed by atoms with van der Waals surface area (Å²) in [5, 5.41) is 0. The summed E-state index contributed by atoms with van der Waals surface area (Å²) in [5.74, 6) is 1.00. The van der Waals surface area contributed by atoms with E-state index in [0.717, 1.165) is 18.6 Å². The van der Waals surface area contributed by atoms with Gasteiger partial charge in [-0.3, -0.25) is 0 Å². The van der Waals surface area contributed by atoms with E-state index in [1.54, 1.807) is 13.4 Å². The van der Waals surface area contributed by atoms with Crippen LogP contribution in [0.1, 0.15) is 37.1 Å². The van der Waals surface area contributed by atoms with E-state index in [4.69, 9.17) is 4.74 Å². The van der Waals surface area contributed by atoms with Gasteiger partial charge in [-0.05, 0) is 37.0 Å². The molecule has 2 aromatic rings. The predicted octanol–water partition coefficient (Wildman–Crippen LogP) is 3.93. The fourth-order valence-electron chi connectivity index (χ4n) is 1.90. The van der Waals surface area contributed by atoms with Crippen molar-refractivity contribution in [2.75, 3.05) is 7.11 Å². The smallest absolute Gasteiger partial charge is 0.122 e. The Labute approximate surface area is 116 Å². The summed E-state index contributed by atoms with van der Waals surface area (Å²) in [5.41, 5.74) is 3.87. The molecule has 0 saturated carbocycles. The van der Waals surface area contributed by atoms with Crippen LogP contribution in [0, 0.1) is 6.92 Å². The number of methoxy groups -OCH3 is 1. The number of benzene rings is 1. The number of aromatic nitrogens is 2. The molecule has 0 aliphatic heterocycles. The van der Waals surface area contributed by atoms with Crippen molar-refractivity contribution in [2.45, 2.75) is 40.0 Å². The third-order valence-electron chi connectivity index (χ3n) is 3.07. The Morgan fingerprint density at radius 2 is 2.05 bits per heavy atom. The first-order valence-corrected chi connectivity index (χ1v) is 6.82. The van der Waals surface area contributed by atoms with E-state index >= 15 is 0 Å². The van der Waals surface area contributed by atoms with Gasteiger partial charge < -0.3 is 9.72 Å². The van der Waals surface area contributed by atoms with E-state index in [0.29, 0.717) is 0 Å². The van der Waals surface area contributed by atoms with E-state index < -0.39 is 0 Å². The average Bonchev–Trinajstić information content (AvgIpc) is 2.95. The molecule has 0 aliphatic rings. The molecular weight excluding hydrogens is 236 g/mol. The topological polar surface area (TPSA) is 37.9 Å². The maximum atomic E-state index is 5.23. The van der Waals surface area contributed by atoms with Crippen LogP contribution in [0.4, 0.5) is 0 Å². The predicted molar refractivity (Wildman–Crippen MR) is 79.7 cm³/mol. The lowest BCUT2D eigenvalue weighted by Gasteiger charge is -2.08. The molecule has 104 valence electrons. The molecule has 1 aromatic carbocycles. The van der Waals surface area contributed by atoms with Gasteiger partial charge >= 0.3 is 0 Å². The number of nitrogens with one attached hydrogen (secondary N) is 1. The molecule has 0 amide bonds. The van der Waals surface area contributed by atoms with Crippen LogP contribution in [0.25, 0.3) is 0 Å². The zero-order valence-electron chi connectivity index (χ0n) is 12.4. The maximum absolute atomic E-state index is 5.23. The average molecular weight is 260 g/mol. The molecule has 3 heteroatoms. The highest BCUT2D eigenvalue weighted by Gasteiger charge is 2.01. The van der Waals surface area contributed by atoms with E-state index in [2.05, 4.69) is 42.9 Å². The van der Waals surface area contributed by atoms with E-state index in [1.807, 2.05) is 12.3 Å². The first kappa shape index (κ1) is 15.3. The highest BCUT2D eigenvalue weighted by Crippen LogP contribution is 2.21. The molecule has 0 bridgehead atoms. The Hall–Kier alpha value is -1.77. The van der Waals surface area contributed by atoms with E-state index in [9.17, 15) is 0 Å². The molecule has 3 nitrogen and oxygen atoms in total. The SMILES string of the molecule is CCCc1cccc(OC)c1C.CCc1cnc[nH]1. The number of aromatic amines is 1. The van der Waals surface area contributed by atoms with Gasteiger partial charge in [-0.2, -0.15) is 0 Å². The molecule has 0 spiro atoms. The number of ether oxygens (including phenoxy) is 1. The second kappa shape index (κ2) is 8.35. The van der Waals surface area contributed by atoms with Crippen LogP contribution in [-0.2, 0) is 12.8 Å². The van der Waals surface area contributed by atoms with Gasteiger partial charge in [0.05, 0.1) is 13.4 Å². The molecule has 19 heavy (non-hydrogen) atoms. The number of H-pyrrole nitrogens is 1. The molecule has 0 unspecified atom stereocenters. The van der Waals surface area contributed by atoms with Crippen molar-refractivity contribution in [1.82, 2.24) is 9.97 Å². The molecule has 0 aliphatic carbocycles. The van der Waals surface area contributed by atoms with Crippen molar-refractivity contribution < 1.29 is 4.74 Å². The summed E-state index contributed by atoms with van der Waals surface area (Å²) in [4.78, 5) is 6.81. The minimum absolute atomic E-state index is 1.00. The van der Waals surface area contributed by atoms with Gasteiger partial charge in [-0.25, -0.2) is 4.98 Å². The van der Waals surface area contributed by atoms with Gasteiger partial charge in [-0.15, -0.1) is 0 Å². The number of rotatable bonds is 4. The molecule has 0 saturated heterocycles. The van der Waals surface area contributed by atoms with Gasteiger partial charge in [0.25, 0.3) is 0 Å². The molecule has 0 radical (unpaired) electrons. The third kappa shape index (κ3) is 4.78. The van der Waals surface area contributed by atoms with Crippen LogP contribution in [0.5, 0.6) is 5.75 Å². The second-order valence-electron chi connectivity index (χ2n) is 4.42. The fourth-order valence-corrected chi connectivity index (χ4v) is 1.90. The van der Waals surface area contributed by atoms with Crippen LogP contribution in [0.3, 0.4) is 0 Å². The molecule has 1 N–H and O–H groups in total. The van der Waals surface area contributed by atoms with Crippen LogP contribution in [0.2, 0.25) is 0 Å². The highest BCUT2D eigenvalue weighted by molar-refractivity contribution is 5.39. The summed E-state index contributed by atoms with van der Waals surface area (Å²) >= 11 is 0. The first-order chi connectivity index (χ1) is 9.22. The van der Waals surface area contributed by atoms with Crippen molar-refractivity contribution in [3.63, 3.8) is 0 Å². The fraction of sp³-hybridized carbons (Fsp3) is 0.438. The van der Waals surface area contributed by atoms with Crippen LogP contribution < -0.4 is 4.74 Å². The Balaban J connectivity index is 0.000000218. The lowest BCUT2D eigenvalue weighted by Crippen LogP contribution is -1.92. The zero-order chi connectivity index (χ0) is 14.1. The summed E-state index contributed by atoms with van der Waals surface area (Å²) in [6, 6.07) is 6.23. The van der Waals surface area contributed by atoms with E-state index in [1.165, 1.54) is 23.2 Å². The van der Waals surface area contributed by atoms with Crippen LogP contribution in [0.15, 0.2) is 30.7 Å². The Bertz CT molecular complexity index is 464. The van der Waals surface area contributed by atoms with Crippen molar-refractivity contribution in [3.8, 4) is 5.75 Å². The number of imidazole rings is 1. The van der Waals surface area contributed by atoms with Crippen LogP contribution >= 0.6 is 0 Å². The van der Waals surface area contributed by atoms with E-state index in [-0.39, 0.29) is 0 Å². The number of hydrogen-bond acceptors (Lipinski definition) is 2. The lowest BCUT2D eigenvalue weighted by molar-refractivity contribution is 0.411. The monoisotopic (exact) mass is 260 g/mol. The normalized spacial score (nSPS) is 9.68. The Morgan fingerprint density at radius 1 is 1.26 bits per heavy atom. The maximum Gasteiger partial charge on any atom is 0.122 e. The van der Waals surface area contributed by atoms with Gasteiger partial charge in [0, 0.05) is 11.9 Å². The van der Waals surface area contributed by atoms with Crippen molar-refractivity contribution in [1.29, 1.82) is 0 Å². The first-order valence-electron chi connectivity index (χ1n) is 6.82.